The van der Waals surface area contributed by atoms with Crippen molar-refractivity contribution in [2.75, 3.05) is 13.6 Å². The number of aliphatic hydroxyl groups excluding tert-OH is 1. The molecule has 1 amide bonds. The fourth-order valence-electron chi connectivity index (χ4n) is 3.02. The SMILES string of the molecule is CCCc1c(C(=O)N(C)CC(O)C2CC2)[nH]c(C)c1C(C)=O. The van der Waals surface area contributed by atoms with Crippen LogP contribution in [0.1, 0.15) is 65.2 Å². The highest BCUT2D eigenvalue weighted by Gasteiger charge is 2.32. The summed E-state index contributed by atoms with van der Waals surface area (Å²) in [6.45, 7) is 5.72. The summed E-state index contributed by atoms with van der Waals surface area (Å²) in [5.41, 5.74) is 2.69. The van der Waals surface area contributed by atoms with Crippen LogP contribution < -0.4 is 0 Å². The molecule has 0 aromatic carbocycles. The highest BCUT2D eigenvalue weighted by Crippen LogP contribution is 2.33. The fourth-order valence-corrected chi connectivity index (χ4v) is 3.02. The first-order chi connectivity index (χ1) is 10.4. The van der Waals surface area contributed by atoms with Gasteiger partial charge in [-0.2, -0.15) is 0 Å². The van der Waals surface area contributed by atoms with Crippen LogP contribution in [0.2, 0.25) is 0 Å². The van der Waals surface area contributed by atoms with Crippen LogP contribution in [0, 0.1) is 12.8 Å². The topological polar surface area (TPSA) is 73.4 Å². The molecule has 0 saturated heterocycles. The van der Waals surface area contributed by atoms with E-state index in [0.717, 1.165) is 30.5 Å². The molecule has 2 N–H and O–H groups in total. The standard InChI is InChI=1S/C17H26N2O3/c1-5-6-13-15(11(3)20)10(2)18-16(13)17(22)19(4)9-14(21)12-7-8-12/h12,14,18,21H,5-9H2,1-4H3. The zero-order valence-corrected chi connectivity index (χ0v) is 13.9. The monoisotopic (exact) mass is 306 g/mol. The molecule has 0 bridgehead atoms. The van der Waals surface area contributed by atoms with Crippen molar-refractivity contribution in [3.8, 4) is 0 Å². The maximum Gasteiger partial charge on any atom is 0.270 e. The Morgan fingerprint density at radius 3 is 2.55 bits per heavy atom. The lowest BCUT2D eigenvalue weighted by Gasteiger charge is -2.21. The summed E-state index contributed by atoms with van der Waals surface area (Å²) in [6.07, 6.45) is 3.19. The lowest BCUT2D eigenvalue weighted by molar-refractivity contribution is 0.0639. The Morgan fingerprint density at radius 1 is 1.41 bits per heavy atom. The average Bonchev–Trinajstić information content (AvgIpc) is 3.23. The van der Waals surface area contributed by atoms with Crippen molar-refractivity contribution in [2.24, 2.45) is 5.92 Å². The number of ketones is 1. The number of aryl methyl sites for hydroxylation is 1. The first kappa shape index (κ1) is 16.7. The average molecular weight is 306 g/mol. The molecule has 1 saturated carbocycles. The number of likely N-dealkylation sites (N-methyl/N-ethyl adjacent to an activating group) is 1. The Labute approximate surface area is 131 Å². The third kappa shape index (κ3) is 3.40. The van der Waals surface area contributed by atoms with E-state index in [4.69, 9.17) is 0 Å². The van der Waals surface area contributed by atoms with Crippen LogP contribution >= 0.6 is 0 Å². The van der Waals surface area contributed by atoms with Gasteiger partial charge in [-0.25, -0.2) is 0 Å². The zero-order valence-electron chi connectivity index (χ0n) is 13.9. The lowest BCUT2D eigenvalue weighted by Crippen LogP contribution is -2.35. The van der Waals surface area contributed by atoms with Gasteiger partial charge >= 0.3 is 0 Å². The lowest BCUT2D eigenvalue weighted by atomic mass is 10.0. The molecular weight excluding hydrogens is 280 g/mol. The van der Waals surface area contributed by atoms with Gasteiger partial charge < -0.3 is 15.0 Å². The minimum absolute atomic E-state index is 0.0167. The number of carbonyl (C=O) groups excluding carboxylic acids is 2. The van der Waals surface area contributed by atoms with Gasteiger partial charge in [0.05, 0.1) is 6.10 Å². The molecule has 5 nitrogen and oxygen atoms in total. The van der Waals surface area contributed by atoms with Gasteiger partial charge in [-0.05, 0) is 44.6 Å². The van der Waals surface area contributed by atoms with Gasteiger partial charge in [0.25, 0.3) is 5.91 Å². The number of aliphatic hydroxyl groups is 1. The first-order valence-corrected chi connectivity index (χ1v) is 8.02. The molecule has 1 fully saturated rings. The maximum atomic E-state index is 12.7. The number of amides is 1. The van der Waals surface area contributed by atoms with Crippen LogP contribution in [0.3, 0.4) is 0 Å². The van der Waals surface area contributed by atoms with Crippen LogP contribution in [0.5, 0.6) is 0 Å². The Balaban J connectivity index is 2.24. The molecule has 5 heteroatoms. The van der Waals surface area contributed by atoms with Crippen LogP contribution in [-0.4, -0.2) is 46.4 Å². The molecule has 1 unspecified atom stereocenters. The first-order valence-electron chi connectivity index (χ1n) is 8.02. The number of hydrogen-bond donors (Lipinski definition) is 2. The Kier molecular flexibility index (Phi) is 5.06. The zero-order chi connectivity index (χ0) is 16.4. The summed E-state index contributed by atoms with van der Waals surface area (Å²) >= 11 is 0. The van der Waals surface area contributed by atoms with E-state index in [9.17, 15) is 14.7 Å². The summed E-state index contributed by atoms with van der Waals surface area (Å²) in [4.78, 5) is 29.2. The molecule has 0 aliphatic heterocycles. The summed E-state index contributed by atoms with van der Waals surface area (Å²) in [5, 5.41) is 10.0. The number of nitrogens with zero attached hydrogens (tertiary/aromatic N) is 1. The Bertz CT molecular complexity index is 573. The van der Waals surface area contributed by atoms with E-state index in [1.165, 1.54) is 6.92 Å². The summed E-state index contributed by atoms with van der Waals surface area (Å²) in [7, 11) is 1.70. The largest absolute Gasteiger partial charge is 0.391 e. The summed E-state index contributed by atoms with van der Waals surface area (Å²) < 4.78 is 0. The number of rotatable bonds is 7. The van der Waals surface area contributed by atoms with Crippen molar-refractivity contribution in [3.05, 3.63) is 22.5 Å². The van der Waals surface area contributed by atoms with Gasteiger partial charge in [0, 0.05) is 24.8 Å². The molecule has 0 spiro atoms. The molecule has 1 aliphatic carbocycles. The van der Waals surface area contributed by atoms with E-state index in [0.29, 0.717) is 30.1 Å². The quantitative estimate of drug-likeness (QED) is 0.759. The van der Waals surface area contributed by atoms with Crippen molar-refractivity contribution in [3.63, 3.8) is 0 Å². The van der Waals surface area contributed by atoms with Gasteiger partial charge in [0.2, 0.25) is 0 Å². The van der Waals surface area contributed by atoms with Gasteiger partial charge in [-0.15, -0.1) is 0 Å². The molecule has 0 radical (unpaired) electrons. The Hall–Kier alpha value is -1.62. The second kappa shape index (κ2) is 6.65. The number of carbonyl (C=O) groups is 2. The second-order valence-corrected chi connectivity index (χ2v) is 6.38. The van der Waals surface area contributed by atoms with Gasteiger partial charge in [0.1, 0.15) is 5.69 Å². The van der Waals surface area contributed by atoms with E-state index in [2.05, 4.69) is 4.98 Å². The third-order valence-electron chi connectivity index (χ3n) is 4.33. The van der Waals surface area contributed by atoms with E-state index < -0.39 is 6.10 Å². The van der Waals surface area contributed by atoms with Gasteiger partial charge in [-0.3, -0.25) is 9.59 Å². The highest BCUT2D eigenvalue weighted by molar-refractivity contribution is 6.02. The van der Waals surface area contributed by atoms with Gasteiger partial charge in [0.15, 0.2) is 5.78 Å². The number of Topliss-reactive ketones (excluding diaryl/α,β-unsaturated/α-hetero) is 1. The molecule has 1 aromatic heterocycles. The van der Waals surface area contributed by atoms with Crippen LogP contribution in [0.25, 0.3) is 0 Å². The molecule has 1 aliphatic rings. The van der Waals surface area contributed by atoms with E-state index in [-0.39, 0.29) is 11.7 Å². The minimum atomic E-state index is -0.452. The number of hydrogen-bond acceptors (Lipinski definition) is 3. The fraction of sp³-hybridized carbons (Fsp3) is 0.647. The van der Waals surface area contributed by atoms with E-state index >= 15 is 0 Å². The predicted octanol–water partition coefficient (Wildman–Crippen LogP) is 2.32. The van der Waals surface area contributed by atoms with Crippen molar-refractivity contribution < 1.29 is 14.7 Å². The molecule has 22 heavy (non-hydrogen) atoms. The number of aromatic nitrogens is 1. The van der Waals surface area contributed by atoms with Crippen molar-refractivity contribution >= 4 is 11.7 Å². The Morgan fingerprint density at radius 2 is 2.05 bits per heavy atom. The number of nitrogens with one attached hydrogen (secondary N) is 1. The molecule has 1 aromatic rings. The second-order valence-electron chi connectivity index (χ2n) is 6.38. The molecule has 2 rings (SSSR count). The number of aromatic amines is 1. The van der Waals surface area contributed by atoms with Crippen LogP contribution in [0.4, 0.5) is 0 Å². The highest BCUT2D eigenvalue weighted by atomic mass is 16.3. The predicted molar refractivity (Wildman–Crippen MR) is 85.2 cm³/mol. The van der Waals surface area contributed by atoms with E-state index in [1.807, 2.05) is 13.8 Å². The molecule has 122 valence electrons. The summed E-state index contributed by atoms with van der Waals surface area (Å²) in [5.74, 6) is 0.166. The molecule has 1 atom stereocenters. The van der Waals surface area contributed by atoms with Gasteiger partial charge in [-0.1, -0.05) is 13.3 Å². The van der Waals surface area contributed by atoms with Crippen LogP contribution in [-0.2, 0) is 6.42 Å². The smallest absolute Gasteiger partial charge is 0.270 e. The minimum Gasteiger partial charge on any atom is -0.391 e. The molecular formula is C17H26N2O3. The molecule has 1 heterocycles. The maximum absolute atomic E-state index is 12.7. The normalized spacial score (nSPS) is 15.7. The van der Waals surface area contributed by atoms with E-state index in [1.54, 1.807) is 11.9 Å². The number of H-pyrrole nitrogens is 1. The van der Waals surface area contributed by atoms with Crippen LogP contribution in [0.15, 0.2) is 0 Å². The summed E-state index contributed by atoms with van der Waals surface area (Å²) in [6, 6.07) is 0. The van der Waals surface area contributed by atoms with Crippen molar-refractivity contribution in [2.45, 2.75) is 52.6 Å². The third-order valence-corrected chi connectivity index (χ3v) is 4.33. The van der Waals surface area contributed by atoms with Crippen molar-refractivity contribution in [1.82, 2.24) is 9.88 Å². The van der Waals surface area contributed by atoms with Crippen molar-refractivity contribution in [1.29, 1.82) is 0 Å².